The van der Waals surface area contributed by atoms with Crippen LogP contribution in [0.15, 0.2) is 30.5 Å². The van der Waals surface area contributed by atoms with Crippen molar-refractivity contribution in [3.63, 3.8) is 0 Å². The van der Waals surface area contributed by atoms with Gasteiger partial charge in [0.15, 0.2) is 0 Å². The van der Waals surface area contributed by atoms with Gasteiger partial charge in [-0.1, -0.05) is 19.8 Å². The van der Waals surface area contributed by atoms with Gasteiger partial charge in [-0.15, -0.1) is 0 Å². The lowest BCUT2D eigenvalue weighted by Crippen LogP contribution is -2.25. The second-order valence-corrected chi connectivity index (χ2v) is 5.77. The van der Waals surface area contributed by atoms with Crippen LogP contribution in [0.5, 0.6) is 5.75 Å². The Morgan fingerprint density at radius 2 is 2.20 bits per heavy atom. The maximum atomic E-state index is 6.26. The summed E-state index contributed by atoms with van der Waals surface area (Å²) in [6.45, 7) is 2.28. The lowest BCUT2D eigenvalue weighted by Gasteiger charge is -2.29. The van der Waals surface area contributed by atoms with Crippen molar-refractivity contribution in [3.05, 3.63) is 30.5 Å². The minimum Gasteiger partial charge on any atom is -0.490 e. The fraction of sp³-hybridized carbons (Fsp3) is 0.471. The number of hydrogen-bond acceptors (Lipinski definition) is 3. The van der Waals surface area contributed by atoms with Crippen molar-refractivity contribution < 1.29 is 4.74 Å². The summed E-state index contributed by atoms with van der Waals surface area (Å²) in [4.78, 5) is 4.37. The first-order valence-electron chi connectivity index (χ1n) is 7.57. The van der Waals surface area contributed by atoms with Crippen molar-refractivity contribution in [2.75, 3.05) is 5.73 Å². The Kier molecular flexibility index (Phi) is 3.77. The van der Waals surface area contributed by atoms with Gasteiger partial charge in [0.1, 0.15) is 5.75 Å². The number of benzene rings is 1. The third kappa shape index (κ3) is 2.72. The van der Waals surface area contributed by atoms with Crippen LogP contribution < -0.4 is 10.5 Å². The first kappa shape index (κ1) is 13.2. The highest BCUT2D eigenvalue weighted by atomic mass is 16.5. The molecule has 1 aromatic carbocycles. The summed E-state index contributed by atoms with van der Waals surface area (Å²) in [7, 11) is 0. The maximum Gasteiger partial charge on any atom is 0.130 e. The third-order valence-corrected chi connectivity index (χ3v) is 4.33. The SMILES string of the molecule is CCC1CCCC(Oc2ccnc3cc(N)ccc23)C1. The molecule has 0 bridgehead atoms. The van der Waals surface area contributed by atoms with Gasteiger partial charge in [0.05, 0.1) is 11.6 Å². The van der Waals surface area contributed by atoms with Crippen molar-refractivity contribution in [3.8, 4) is 5.75 Å². The summed E-state index contributed by atoms with van der Waals surface area (Å²) >= 11 is 0. The van der Waals surface area contributed by atoms with E-state index in [2.05, 4.69) is 11.9 Å². The second kappa shape index (κ2) is 5.70. The number of aromatic nitrogens is 1. The predicted octanol–water partition coefficient (Wildman–Crippen LogP) is 4.16. The summed E-state index contributed by atoms with van der Waals surface area (Å²) in [6, 6.07) is 7.78. The standard InChI is InChI=1S/C17H22N2O/c1-2-12-4-3-5-14(10-12)20-17-8-9-19-16-11-13(18)6-7-15(16)17/h6-9,11-12,14H,2-5,10,18H2,1H3. The summed E-state index contributed by atoms with van der Waals surface area (Å²) < 4.78 is 6.26. The Balaban J connectivity index is 1.83. The molecule has 3 heteroatoms. The second-order valence-electron chi connectivity index (χ2n) is 5.77. The van der Waals surface area contributed by atoms with Gasteiger partial charge in [0, 0.05) is 17.3 Å². The Labute approximate surface area is 120 Å². The van der Waals surface area contributed by atoms with Crippen molar-refractivity contribution in [1.82, 2.24) is 4.98 Å². The third-order valence-electron chi connectivity index (χ3n) is 4.33. The Morgan fingerprint density at radius 3 is 3.05 bits per heavy atom. The molecule has 3 rings (SSSR count). The average Bonchev–Trinajstić information content (AvgIpc) is 2.47. The summed E-state index contributed by atoms with van der Waals surface area (Å²) in [5, 5.41) is 1.06. The minimum atomic E-state index is 0.344. The van der Waals surface area contributed by atoms with Gasteiger partial charge >= 0.3 is 0 Å². The van der Waals surface area contributed by atoms with E-state index >= 15 is 0 Å². The molecule has 2 unspecified atom stereocenters. The number of ether oxygens (including phenoxy) is 1. The quantitative estimate of drug-likeness (QED) is 0.852. The molecule has 2 N–H and O–H groups in total. The van der Waals surface area contributed by atoms with Gasteiger partial charge in [0.2, 0.25) is 0 Å². The Bertz CT molecular complexity index is 597. The summed E-state index contributed by atoms with van der Waals surface area (Å²) in [5.41, 5.74) is 7.46. The number of rotatable bonds is 3. The monoisotopic (exact) mass is 270 g/mol. The van der Waals surface area contributed by atoms with Crippen LogP contribution in [-0.4, -0.2) is 11.1 Å². The van der Waals surface area contributed by atoms with Crippen molar-refractivity contribution >= 4 is 16.6 Å². The topological polar surface area (TPSA) is 48.1 Å². The summed E-state index contributed by atoms with van der Waals surface area (Å²) in [5.74, 6) is 1.76. The molecular weight excluding hydrogens is 248 g/mol. The molecule has 3 nitrogen and oxygen atoms in total. The minimum absolute atomic E-state index is 0.344. The molecule has 1 aliphatic rings. The van der Waals surface area contributed by atoms with Gasteiger partial charge in [-0.05, 0) is 49.4 Å². The number of pyridine rings is 1. The molecule has 0 amide bonds. The van der Waals surface area contributed by atoms with Crippen molar-refractivity contribution in [2.45, 2.75) is 45.1 Å². The number of fused-ring (bicyclic) bond motifs is 1. The number of hydrogen-bond donors (Lipinski definition) is 1. The molecule has 2 aromatic rings. The van der Waals surface area contributed by atoms with Crippen molar-refractivity contribution in [2.24, 2.45) is 5.92 Å². The van der Waals surface area contributed by atoms with Crippen LogP contribution in [0.4, 0.5) is 5.69 Å². The number of anilines is 1. The maximum absolute atomic E-state index is 6.26. The molecule has 1 aromatic heterocycles. The molecule has 0 aliphatic heterocycles. The van der Waals surface area contributed by atoms with Gasteiger partial charge in [-0.3, -0.25) is 4.98 Å². The van der Waals surface area contributed by atoms with E-state index in [1.54, 1.807) is 6.20 Å². The van der Waals surface area contributed by atoms with E-state index in [0.29, 0.717) is 6.10 Å². The van der Waals surface area contributed by atoms with Crippen LogP contribution in [0.3, 0.4) is 0 Å². The van der Waals surface area contributed by atoms with E-state index in [-0.39, 0.29) is 0 Å². The molecule has 0 radical (unpaired) electrons. The van der Waals surface area contributed by atoms with Crippen LogP contribution in [0.25, 0.3) is 10.9 Å². The smallest absolute Gasteiger partial charge is 0.130 e. The molecule has 0 spiro atoms. The Hall–Kier alpha value is -1.77. The van der Waals surface area contributed by atoms with Crippen LogP contribution in [0, 0.1) is 5.92 Å². The first-order valence-corrected chi connectivity index (χ1v) is 7.57. The molecule has 1 heterocycles. The molecule has 1 fully saturated rings. The largest absolute Gasteiger partial charge is 0.490 e. The van der Waals surface area contributed by atoms with Crippen LogP contribution in [-0.2, 0) is 0 Å². The highest BCUT2D eigenvalue weighted by Gasteiger charge is 2.22. The zero-order valence-corrected chi connectivity index (χ0v) is 12.0. The molecule has 20 heavy (non-hydrogen) atoms. The molecular formula is C17H22N2O. The zero-order valence-electron chi connectivity index (χ0n) is 12.0. The lowest BCUT2D eigenvalue weighted by molar-refractivity contribution is 0.123. The number of nitrogens with two attached hydrogens (primary N) is 1. The molecule has 0 saturated heterocycles. The fourth-order valence-electron chi connectivity index (χ4n) is 3.14. The Morgan fingerprint density at radius 1 is 1.30 bits per heavy atom. The molecule has 106 valence electrons. The zero-order chi connectivity index (χ0) is 13.9. The van der Waals surface area contributed by atoms with Crippen molar-refractivity contribution in [1.29, 1.82) is 0 Å². The molecule has 1 aliphatic carbocycles. The number of nitrogen functional groups attached to an aromatic ring is 1. The van der Waals surface area contributed by atoms with Crippen LogP contribution >= 0.6 is 0 Å². The van der Waals surface area contributed by atoms with E-state index in [1.165, 1.54) is 25.7 Å². The van der Waals surface area contributed by atoms with E-state index in [1.807, 2.05) is 24.3 Å². The first-order chi connectivity index (χ1) is 9.76. The fourth-order valence-corrected chi connectivity index (χ4v) is 3.14. The average molecular weight is 270 g/mol. The highest BCUT2D eigenvalue weighted by molar-refractivity contribution is 5.87. The lowest BCUT2D eigenvalue weighted by atomic mass is 9.85. The summed E-state index contributed by atoms with van der Waals surface area (Å²) in [6.07, 6.45) is 8.37. The number of nitrogens with zero attached hydrogens (tertiary/aromatic N) is 1. The van der Waals surface area contributed by atoms with E-state index in [0.717, 1.165) is 34.7 Å². The van der Waals surface area contributed by atoms with Gasteiger partial charge in [-0.25, -0.2) is 0 Å². The van der Waals surface area contributed by atoms with Crippen LogP contribution in [0.1, 0.15) is 39.0 Å². The normalized spacial score (nSPS) is 22.9. The van der Waals surface area contributed by atoms with Gasteiger partial charge < -0.3 is 10.5 Å². The molecule has 2 atom stereocenters. The van der Waals surface area contributed by atoms with E-state index < -0.39 is 0 Å². The van der Waals surface area contributed by atoms with E-state index in [9.17, 15) is 0 Å². The van der Waals surface area contributed by atoms with Gasteiger partial charge in [0.25, 0.3) is 0 Å². The molecule has 1 saturated carbocycles. The highest BCUT2D eigenvalue weighted by Crippen LogP contribution is 2.32. The van der Waals surface area contributed by atoms with E-state index in [4.69, 9.17) is 10.5 Å². The predicted molar refractivity (Wildman–Crippen MR) is 82.8 cm³/mol. The van der Waals surface area contributed by atoms with Gasteiger partial charge in [-0.2, -0.15) is 0 Å². The van der Waals surface area contributed by atoms with Crippen LogP contribution in [0.2, 0.25) is 0 Å².